The van der Waals surface area contributed by atoms with Gasteiger partial charge in [0.2, 0.25) is 0 Å². The summed E-state index contributed by atoms with van der Waals surface area (Å²) in [7, 11) is 0. The van der Waals surface area contributed by atoms with Crippen LogP contribution in [0.5, 0.6) is 0 Å². The molecule has 0 fully saturated rings. The van der Waals surface area contributed by atoms with E-state index in [9.17, 15) is 4.55 Å². The van der Waals surface area contributed by atoms with Crippen LogP contribution >= 0.6 is 0 Å². The highest BCUT2D eigenvalue weighted by atomic mass is 32.2. The molecular weight excluding hydrogens is 332 g/mol. The predicted molar refractivity (Wildman–Crippen MR) is 102 cm³/mol. The Balaban J connectivity index is 2.13. The van der Waals surface area contributed by atoms with Crippen molar-refractivity contribution in [3.8, 4) is 11.3 Å². The van der Waals surface area contributed by atoms with E-state index in [4.69, 9.17) is 5.10 Å². The molecule has 0 amide bonds. The van der Waals surface area contributed by atoms with E-state index in [1.807, 2.05) is 77.2 Å². The van der Waals surface area contributed by atoms with E-state index in [0.717, 1.165) is 22.5 Å². The molecule has 132 valence electrons. The van der Waals surface area contributed by atoms with E-state index in [-0.39, 0.29) is 4.75 Å². The third-order valence-corrected chi connectivity index (χ3v) is 5.82. The standard InChI is InChI=1S/C19H24N4OS/c1-18(2,3)25(24)22-19(4,5)15-13-16-20-11-12-23(16)21-17(15)14-9-7-6-8-10-14/h6-13,22H,1-5H3/t25-/m1/s1. The minimum absolute atomic E-state index is 0.352. The van der Waals surface area contributed by atoms with Gasteiger partial charge in [0, 0.05) is 34.9 Å². The number of hydrogen-bond donors (Lipinski definition) is 1. The molecule has 0 unspecified atom stereocenters. The van der Waals surface area contributed by atoms with Crippen LogP contribution in [0.2, 0.25) is 0 Å². The van der Waals surface area contributed by atoms with Crippen molar-refractivity contribution in [2.75, 3.05) is 0 Å². The van der Waals surface area contributed by atoms with Crippen LogP contribution in [0, 0.1) is 0 Å². The molecule has 25 heavy (non-hydrogen) atoms. The fourth-order valence-corrected chi connectivity index (χ4v) is 3.46. The zero-order chi connectivity index (χ0) is 18.2. The van der Waals surface area contributed by atoms with E-state index in [1.165, 1.54) is 0 Å². The highest BCUT2D eigenvalue weighted by molar-refractivity contribution is 7.90. The quantitative estimate of drug-likeness (QED) is 0.724. The van der Waals surface area contributed by atoms with E-state index in [1.54, 1.807) is 10.7 Å². The molecule has 0 saturated carbocycles. The molecule has 0 aliphatic heterocycles. The molecule has 3 aromatic rings. The first kappa shape index (κ1) is 17.9. The molecule has 1 N–H and O–H groups in total. The van der Waals surface area contributed by atoms with Gasteiger partial charge in [-0.1, -0.05) is 30.3 Å². The van der Waals surface area contributed by atoms with Crippen LogP contribution in [0.15, 0.2) is 48.8 Å². The first-order valence-electron chi connectivity index (χ1n) is 8.28. The van der Waals surface area contributed by atoms with Gasteiger partial charge in [-0.2, -0.15) is 5.10 Å². The van der Waals surface area contributed by atoms with Crippen molar-refractivity contribution in [3.05, 3.63) is 54.4 Å². The van der Waals surface area contributed by atoms with Gasteiger partial charge in [-0.05, 0) is 40.7 Å². The molecule has 1 aromatic carbocycles. The number of rotatable bonds is 4. The van der Waals surface area contributed by atoms with Crippen LogP contribution in [-0.4, -0.2) is 23.9 Å². The van der Waals surface area contributed by atoms with Gasteiger partial charge in [0.15, 0.2) is 5.65 Å². The number of aromatic nitrogens is 3. The molecule has 3 rings (SSSR count). The minimum Gasteiger partial charge on any atom is -0.598 e. The molecule has 2 aromatic heterocycles. The zero-order valence-electron chi connectivity index (χ0n) is 15.3. The van der Waals surface area contributed by atoms with Crippen LogP contribution < -0.4 is 4.72 Å². The van der Waals surface area contributed by atoms with Gasteiger partial charge in [0.1, 0.15) is 4.75 Å². The summed E-state index contributed by atoms with van der Waals surface area (Å²) in [5.41, 5.74) is 3.07. The van der Waals surface area contributed by atoms with Gasteiger partial charge < -0.3 is 4.55 Å². The first-order chi connectivity index (χ1) is 11.7. The van der Waals surface area contributed by atoms with E-state index >= 15 is 0 Å². The summed E-state index contributed by atoms with van der Waals surface area (Å²) in [6.45, 7) is 9.93. The second-order valence-electron chi connectivity index (χ2n) is 7.61. The van der Waals surface area contributed by atoms with Crippen LogP contribution in [0.4, 0.5) is 0 Å². The molecule has 0 saturated heterocycles. The Bertz CT molecular complexity index is 868. The molecule has 0 aliphatic carbocycles. The molecule has 6 heteroatoms. The Labute approximate surface area is 151 Å². The third kappa shape index (κ3) is 3.71. The summed E-state index contributed by atoms with van der Waals surface area (Å²) in [4.78, 5) is 4.35. The van der Waals surface area contributed by atoms with Crippen molar-refractivity contribution in [1.29, 1.82) is 0 Å². The van der Waals surface area contributed by atoms with Crippen molar-refractivity contribution in [3.63, 3.8) is 0 Å². The fourth-order valence-electron chi connectivity index (χ4n) is 2.58. The monoisotopic (exact) mass is 356 g/mol. The van der Waals surface area contributed by atoms with Crippen molar-refractivity contribution >= 4 is 17.0 Å². The Morgan fingerprint density at radius 2 is 1.76 bits per heavy atom. The first-order valence-corrected chi connectivity index (χ1v) is 9.43. The topological polar surface area (TPSA) is 65.3 Å². The van der Waals surface area contributed by atoms with Crippen LogP contribution in [-0.2, 0) is 16.9 Å². The Morgan fingerprint density at radius 1 is 1.08 bits per heavy atom. The van der Waals surface area contributed by atoms with Gasteiger partial charge in [-0.15, -0.1) is 4.72 Å². The summed E-state index contributed by atoms with van der Waals surface area (Å²) in [5, 5.41) is 4.76. The Kier molecular flexibility index (Phi) is 4.62. The molecule has 2 heterocycles. The number of benzene rings is 1. The lowest BCUT2D eigenvalue weighted by atomic mass is 9.92. The SMILES string of the molecule is CC(C)(N[S@+]([O-])C(C)(C)C)c1cc2nccn2nc1-c1ccccc1. The highest BCUT2D eigenvalue weighted by Crippen LogP contribution is 2.32. The fraction of sp³-hybridized carbons (Fsp3) is 0.368. The Hall–Kier alpha value is -1.89. The van der Waals surface area contributed by atoms with Crippen molar-refractivity contribution in [2.24, 2.45) is 0 Å². The summed E-state index contributed by atoms with van der Waals surface area (Å²) >= 11 is -1.20. The van der Waals surface area contributed by atoms with Crippen molar-refractivity contribution in [1.82, 2.24) is 19.3 Å². The normalized spacial score (nSPS) is 14.0. The number of nitrogens with zero attached hydrogens (tertiary/aromatic N) is 3. The lowest BCUT2D eigenvalue weighted by Crippen LogP contribution is -2.48. The van der Waals surface area contributed by atoms with Crippen molar-refractivity contribution < 1.29 is 4.55 Å². The molecule has 5 nitrogen and oxygen atoms in total. The number of imidazole rings is 1. The molecule has 1 atom stereocenters. The largest absolute Gasteiger partial charge is 0.598 e. The maximum absolute atomic E-state index is 12.7. The average molecular weight is 356 g/mol. The lowest BCUT2D eigenvalue weighted by molar-refractivity contribution is 0.456. The van der Waals surface area contributed by atoms with Gasteiger partial charge in [0.25, 0.3) is 0 Å². The van der Waals surface area contributed by atoms with E-state index < -0.39 is 16.9 Å². The molecule has 0 spiro atoms. The number of fused-ring (bicyclic) bond motifs is 1. The molecular formula is C19H24N4OS. The summed E-state index contributed by atoms with van der Waals surface area (Å²) in [6, 6.07) is 12.1. The smallest absolute Gasteiger partial charge is 0.153 e. The second-order valence-corrected chi connectivity index (χ2v) is 9.58. The third-order valence-electron chi connectivity index (χ3n) is 4.01. The second kappa shape index (κ2) is 6.44. The minimum atomic E-state index is -1.20. The van der Waals surface area contributed by atoms with E-state index in [0.29, 0.717) is 0 Å². The van der Waals surface area contributed by atoms with Gasteiger partial charge in [0.05, 0.1) is 11.2 Å². The highest BCUT2D eigenvalue weighted by Gasteiger charge is 2.36. The van der Waals surface area contributed by atoms with Gasteiger partial charge in [-0.3, -0.25) is 0 Å². The van der Waals surface area contributed by atoms with Gasteiger partial charge >= 0.3 is 0 Å². The molecule has 0 radical (unpaired) electrons. The zero-order valence-corrected chi connectivity index (χ0v) is 16.1. The van der Waals surface area contributed by atoms with Crippen LogP contribution in [0.1, 0.15) is 40.2 Å². The number of hydrogen-bond acceptors (Lipinski definition) is 4. The van der Waals surface area contributed by atoms with Crippen LogP contribution in [0.3, 0.4) is 0 Å². The van der Waals surface area contributed by atoms with Gasteiger partial charge in [-0.25, -0.2) is 9.50 Å². The average Bonchev–Trinajstić information content (AvgIpc) is 3.00. The molecule has 0 bridgehead atoms. The maximum atomic E-state index is 12.7. The van der Waals surface area contributed by atoms with Crippen LogP contribution in [0.25, 0.3) is 16.9 Å². The Morgan fingerprint density at radius 3 is 2.40 bits per heavy atom. The summed E-state index contributed by atoms with van der Waals surface area (Å²) < 4.78 is 17.4. The lowest BCUT2D eigenvalue weighted by Gasteiger charge is -2.33. The molecule has 0 aliphatic rings. The number of nitrogens with one attached hydrogen (secondary N) is 1. The predicted octanol–water partition coefficient (Wildman–Crippen LogP) is 3.68. The summed E-state index contributed by atoms with van der Waals surface area (Å²) in [5.74, 6) is 0. The maximum Gasteiger partial charge on any atom is 0.153 e. The van der Waals surface area contributed by atoms with Crippen molar-refractivity contribution in [2.45, 2.75) is 44.9 Å². The van der Waals surface area contributed by atoms with E-state index in [2.05, 4.69) is 9.71 Å². The summed E-state index contributed by atoms with van der Waals surface area (Å²) in [6.07, 6.45) is 3.56.